The van der Waals surface area contributed by atoms with Crippen molar-refractivity contribution in [3.63, 3.8) is 0 Å². The Hall–Kier alpha value is -1.68. The van der Waals surface area contributed by atoms with Gasteiger partial charge in [-0.2, -0.15) is 0 Å². The molecule has 2 saturated carbocycles. The summed E-state index contributed by atoms with van der Waals surface area (Å²) in [5, 5.41) is 11.6. The van der Waals surface area contributed by atoms with E-state index in [9.17, 15) is 14.7 Å². The van der Waals surface area contributed by atoms with Gasteiger partial charge in [0.25, 0.3) is 0 Å². The van der Waals surface area contributed by atoms with E-state index in [1.54, 1.807) is 0 Å². The van der Waals surface area contributed by atoms with Crippen molar-refractivity contribution >= 4 is 11.8 Å². The molecule has 4 aliphatic carbocycles. The first-order valence-corrected chi connectivity index (χ1v) is 14.0. The normalized spacial score (nSPS) is 39.9. The molecule has 1 N–H and O–H groups in total. The van der Waals surface area contributed by atoms with Crippen LogP contribution < -0.4 is 0 Å². The lowest BCUT2D eigenvalue weighted by atomic mass is 9.44. The van der Waals surface area contributed by atoms with Crippen molar-refractivity contribution < 1.29 is 19.4 Å². The van der Waals surface area contributed by atoms with Gasteiger partial charge in [-0.05, 0) is 72.3 Å². The van der Waals surface area contributed by atoms with Crippen LogP contribution in [0.15, 0.2) is 35.5 Å². The van der Waals surface area contributed by atoms with Crippen molar-refractivity contribution in [2.24, 2.45) is 45.3 Å². The van der Waals surface area contributed by atoms with Gasteiger partial charge in [0.2, 0.25) is 0 Å². The summed E-state index contributed by atoms with van der Waals surface area (Å²) in [6.45, 7) is 19.7. The number of carbonyl (C=O) groups is 2. The van der Waals surface area contributed by atoms with Crippen molar-refractivity contribution in [3.05, 3.63) is 35.5 Å². The third-order valence-corrected chi connectivity index (χ3v) is 11.6. The highest BCUT2D eigenvalue weighted by Gasteiger charge is 2.66. The Morgan fingerprint density at radius 2 is 1.83 bits per heavy atom. The average molecular weight is 497 g/mol. The number of carbonyl (C=O) groups excluding carboxylic acids is 2. The second-order valence-electron chi connectivity index (χ2n) is 13.8. The third-order valence-electron chi connectivity index (χ3n) is 11.6. The SMILES string of the molecule is C=C(CCC(C(=O)OC)[C@H]1[C@H](O)C[C@@]2(C)C3=CC[C@H]4C(C)(C)C(=O)CC[C@]4(C)C3=CC[C@]12C)C(C)C. The number of hydrogen-bond donors (Lipinski definition) is 1. The molecule has 0 saturated heterocycles. The van der Waals surface area contributed by atoms with Gasteiger partial charge in [-0.15, -0.1) is 0 Å². The largest absolute Gasteiger partial charge is 0.469 e. The Balaban J connectivity index is 1.74. The van der Waals surface area contributed by atoms with Gasteiger partial charge in [-0.3, -0.25) is 9.59 Å². The number of ketones is 1. The van der Waals surface area contributed by atoms with Crippen LogP contribution in [0.2, 0.25) is 0 Å². The lowest BCUT2D eigenvalue weighted by Crippen LogP contribution is -2.53. The second-order valence-corrected chi connectivity index (χ2v) is 13.8. The van der Waals surface area contributed by atoms with E-state index in [1.165, 1.54) is 18.3 Å². The van der Waals surface area contributed by atoms with Crippen LogP contribution in [-0.2, 0) is 14.3 Å². The number of allylic oxidation sites excluding steroid dienone is 5. The van der Waals surface area contributed by atoms with E-state index in [2.05, 4.69) is 67.2 Å². The number of methoxy groups -OCH3 is 1. The maximum absolute atomic E-state index is 13.1. The predicted molar refractivity (Wildman–Crippen MR) is 144 cm³/mol. The Morgan fingerprint density at radius 3 is 2.44 bits per heavy atom. The van der Waals surface area contributed by atoms with Crippen molar-refractivity contribution in [3.8, 4) is 0 Å². The molecule has 4 heteroatoms. The lowest BCUT2D eigenvalue weighted by Gasteiger charge is -2.59. The molecular formula is C32H48O4. The van der Waals surface area contributed by atoms with Gasteiger partial charge in [0.1, 0.15) is 5.78 Å². The van der Waals surface area contributed by atoms with Crippen LogP contribution in [-0.4, -0.2) is 30.1 Å². The number of hydrogen-bond acceptors (Lipinski definition) is 4. The molecule has 0 heterocycles. The first-order chi connectivity index (χ1) is 16.6. The van der Waals surface area contributed by atoms with E-state index in [-0.39, 0.29) is 39.5 Å². The molecule has 4 nitrogen and oxygen atoms in total. The Kier molecular flexibility index (Phi) is 6.81. The minimum absolute atomic E-state index is 0.0361. The molecule has 4 rings (SSSR count). The van der Waals surface area contributed by atoms with Crippen molar-refractivity contribution in [2.75, 3.05) is 7.11 Å². The Labute approximate surface area is 218 Å². The average Bonchev–Trinajstić information content (AvgIpc) is 3.02. The molecule has 0 aliphatic heterocycles. The smallest absolute Gasteiger partial charge is 0.309 e. The molecule has 7 atom stereocenters. The van der Waals surface area contributed by atoms with Crippen LogP contribution in [0.4, 0.5) is 0 Å². The van der Waals surface area contributed by atoms with Crippen LogP contribution in [0.25, 0.3) is 0 Å². The summed E-state index contributed by atoms with van der Waals surface area (Å²) in [4.78, 5) is 26.0. The fourth-order valence-corrected chi connectivity index (χ4v) is 8.86. The third kappa shape index (κ3) is 3.72. The molecule has 36 heavy (non-hydrogen) atoms. The number of fused-ring (bicyclic) bond motifs is 5. The standard InChI is InChI=1S/C32H48O4/c1-19(2)20(3)10-11-21(28(35)36-9)27-24(33)18-32(8)23-12-13-25-29(4,5)26(34)15-16-30(25,6)22(23)14-17-31(27,32)7/h12,14,19,21,24-25,27,33H,3,10-11,13,15-18H2,1-2,4-9H3/t21?,24-,25+,27+,30-,31-,32+/m1/s1. The van der Waals surface area contributed by atoms with E-state index < -0.39 is 6.10 Å². The van der Waals surface area contributed by atoms with Gasteiger partial charge in [0.15, 0.2) is 0 Å². The van der Waals surface area contributed by atoms with Gasteiger partial charge in [-0.1, -0.05) is 72.8 Å². The number of ether oxygens (including phenoxy) is 1. The summed E-state index contributed by atoms with van der Waals surface area (Å²) in [5.74, 6) is 0.291. The molecule has 4 aliphatic rings. The summed E-state index contributed by atoms with van der Waals surface area (Å²) < 4.78 is 5.31. The molecule has 0 aromatic heterocycles. The summed E-state index contributed by atoms with van der Waals surface area (Å²) in [6, 6.07) is 0. The molecule has 0 radical (unpaired) electrons. The zero-order valence-electron chi connectivity index (χ0n) is 23.9. The van der Waals surface area contributed by atoms with Gasteiger partial charge in [-0.25, -0.2) is 0 Å². The molecular weight excluding hydrogens is 448 g/mol. The van der Waals surface area contributed by atoms with Gasteiger partial charge in [0, 0.05) is 23.2 Å². The van der Waals surface area contributed by atoms with Crippen LogP contribution in [0.5, 0.6) is 0 Å². The number of rotatable bonds is 6. The van der Waals surface area contributed by atoms with E-state index in [4.69, 9.17) is 4.74 Å². The van der Waals surface area contributed by atoms with Crippen LogP contribution in [0.1, 0.15) is 93.4 Å². The second kappa shape index (κ2) is 8.96. The lowest BCUT2D eigenvalue weighted by molar-refractivity contribution is -0.152. The minimum Gasteiger partial charge on any atom is -0.469 e. The number of Topliss-reactive ketones (excluding diaryl/α,β-unsaturated/α-hetero) is 1. The molecule has 0 aromatic rings. The van der Waals surface area contributed by atoms with Crippen molar-refractivity contribution in [2.45, 2.75) is 99.5 Å². The highest BCUT2D eigenvalue weighted by atomic mass is 16.5. The van der Waals surface area contributed by atoms with Gasteiger partial charge in [0.05, 0.1) is 19.1 Å². The van der Waals surface area contributed by atoms with Crippen molar-refractivity contribution in [1.82, 2.24) is 0 Å². The van der Waals surface area contributed by atoms with E-state index in [1.807, 2.05) is 0 Å². The topological polar surface area (TPSA) is 63.6 Å². The highest BCUT2D eigenvalue weighted by Crippen LogP contribution is 2.71. The summed E-state index contributed by atoms with van der Waals surface area (Å²) in [6.07, 6.45) is 9.55. The van der Waals surface area contributed by atoms with E-state index >= 15 is 0 Å². The monoisotopic (exact) mass is 496 g/mol. The predicted octanol–water partition coefficient (Wildman–Crippen LogP) is 6.83. The summed E-state index contributed by atoms with van der Waals surface area (Å²) in [5.41, 5.74) is 3.03. The number of aliphatic hydroxyl groups excluding tert-OH is 1. The van der Waals surface area contributed by atoms with Gasteiger partial charge >= 0.3 is 5.97 Å². The molecule has 0 bridgehead atoms. The molecule has 0 spiro atoms. The number of aliphatic hydroxyl groups is 1. The minimum atomic E-state index is -0.569. The summed E-state index contributed by atoms with van der Waals surface area (Å²) in [7, 11) is 1.46. The Bertz CT molecular complexity index is 1020. The molecule has 0 amide bonds. The molecule has 0 aromatic carbocycles. The fraction of sp³-hybridized carbons (Fsp3) is 0.750. The Morgan fingerprint density at radius 1 is 1.17 bits per heavy atom. The maximum atomic E-state index is 13.1. The van der Waals surface area contributed by atoms with Crippen LogP contribution in [0.3, 0.4) is 0 Å². The molecule has 2 fully saturated rings. The first kappa shape index (κ1) is 27.4. The van der Waals surface area contributed by atoms with Crippen LogP contribution >= 0.6 is 0 Å². The zero-order chi connectivity index (χ0) is 26.8. The number of esters is 1. The van der Waals surface area contributed by atoms with E-state index in [0.29, 0.717) is 36.9 Å². The zero-order valence-corrected chi connectivity index (χ0v) is 23.9. The van der Waals surface area contributed by atoms with Crippen LogP contribution in [0, 0.1) is 45.3 Å². The fourth-order valence-electron chi connectivity index (χ4n) is 8.86. The van der Waals surface area contributed by atoms with E-state index in [0.717, 1.165) is 31.3 Å². The first-order valence-electron chi connectivity index (χ1n) is 14.0. The molecule has 1 unspecified atom stereocenters. The highest BCUT2D eigenvalue weighted by molar-refractivity contribution is 5.86. The maximum Gasteiger partial charge on any atom is 0.309 e. The quantitative estimate of drug-likeness (QED) is 0.323. The summed E-state index contributed by atoms with van der Waals surface area (Å²) >= 11 is 0. The van der Waals surface area contributed by atoms with Gasteiger partial charge < -0.3 is 9.84 Å². The molecule has 200 valence electrons. The van der Waals surface area contributed by atoms with Crippen molar-refractivity contribution in [1.29, 1.82) is 0 Å².